The molecule has 0 atom stereocenters. The van der Waals surface area contributed by atoms with Gasteiger partial charge in [0.2, 0.25) is 0 Å². The number of hydrogen-bond acceptors (Lipinski definition) is 2. The minimum Gasteiger partial charge on any atom is -0.456 e. The molecule has 0 spiro atoms. The van der Waals surface area contributed by atoms with Gasteiger partial charge in [-0.2, -0.15) is 0 Å². The van der Waals surface area contributed by atoms with E-state index in [1.54, 1.807) is 0 Å². The third-order valence-electron chi connectivity index (χ3n) is 17.1. The Balaban J connectivity index is 0.861. The summed E-state index contributed by atoms with van der Waals surface area (Å²) < 4.78 is 13.9. The largest absolute Gasteiger partial charge is 0.456 e. The minimum atomic E-state index is 0.873. The zero-order chi connectivity index (χ0) is 52.4. The summed E-state index contributed by atoms with van der Waals surface area (Å²) in [5.74, 6) is 0. The van der Waals surface area contributed by atoms with Gasteiger partial charge in [-0.1, -0.05) is 255 Å². The molecule has 2 heterocycles. The lowest BCUT2D eigenvalue weighted by Crippen LogP contribution is -1.92. The van der Waals surface area contributed by atoms with Crippen molar-refractivity contribution >= 4 is 109 Å². The van der Waals surface area contributed by atoms with Gasteiger partial charge in [0.25, 0.3) is 0 Å². The number of hydrogen-bond donors (Lipinski definition) is 0. The number of furan rings is 2. The molecule has 370 valence electrons. The van der Waals surface area contributed by atoms with Crippen LogP contribution in [-0.4, -0.2) is 0 Å². The molecule has 17 aromatic rings. The van der Waals surface area contributed by atoms with Gasteiger partial charge in [-0.25, -0.2) is 0 Å². The molecule has 2 nitrogen and oxygen atoms in total. The van der Waals surface area contributed by atoms with Gasteiger partial charge in [0, 0.05) is 27.1 Å². The maximum absolute atomic E-state index is 7.23. The van der Waals surface area contributed by atoms with Crippen molar-refractivity contribution in [2.45, 2.75) is 0 Å². The van der Waals surface area contributed by atoms with Crippen LogP contribution >= 0.6 is 0 Å². The Labute approximate surface area is 460 Å². The molecule has 0 amide bonds. The summed E-state index contributed by atoms with van der Waals surface area (Å²) in [4.78, 5) is 0. The molecule has 80 heavy (non-hydrogen) atoms. The molecule has 2 heteroatoms. The lowest BCUT2D eigenvalue weighted by atomic mass is 9.83. The van der Waals surface area contributed by atoms with Crippen molar-refractivity contribution in [1.82, 2.24) is 0 Å². The van der Waals surface area contributed by atoms with Crippen LogP contribution in [0.3, 0.4) is 0 Å². The van der Waals surface area contributed by atoms with Gasteiger partial charge in [-0.15, -0.1) is 0 Å². The molecule has 0 aliphatic carbocycles. The van der Waals surface area contributed by atoms with Crippen LogP contribution in [0.25, 0.3) is 175 Å². The fraction of sp³-hybridized carbons (Fsp3) is 0. The zero-order valence-corrected chi connectivity index (χ0v) is 43.4. The number of rotatable bonds is 6. The smallest absolute Gasteiger partial charge is 0.143 e. The van der Waals surface area contributed by atoms with E-state index in [1.165, 1.54) is 109 Å². The normalized spacial score (nSPS) is 12.0. The van der Waals surface area contributed by atoms with Crippen LogP contribution in [0, 0.1) is 0 Å². The van der Waals surface area contributed by atoms with Crippen LogP contribution in [-0.2, 0) is 0 Å². The van der Waals surface area contributed by atoms with Crippen LogP contribution in [0.15, 0.2) is 288 Å². The predicted molar refractivity (Wildman–Crippen MR) is 339 cm³/mol. The van der Waals surface area contributed by atoms with Crippen molar-refractivity contribution in [3.8, 4) is 66.8 Å². The molecule has 2 aromatic heterocycles. The molecular formula is C78H46O2. The van der Waals surface area contributed by atoms with E-state index in [0.717, 1.165) is 66.1 Å². The summed E-state index contributed by atoms with van der Waals surface area (Å²) in [6.07, 6.45) is 0. The molecule has 17 rings (SSSR count). The molecule has 15 aromatic carbocycles. The summed E-state index contributed by atoms with van der Waals surface area (Å²) in [5.41, 5.74) is 17.6. The highest BCUT2D eigenvalue weighted by atomic mass is 16.3. The molecule has 0 saturated heterocycles. The Hall–Kier alpha value is -10.5. The summed E-state index contributed by atoms with van der Waals surface area (Å²) in [5, 5.41) is 19.0. The second-order valence-electron chi connectivity index (χ2n) is 21.3. The summed E-state index contributed by atoms with van der Waals surface area (Å²) in [6.45, 7) is 0. The molecule has 0 fully saturated rings. The second-order valence-corrected chi connectivity index (χ2v) is 21.3. The van der Waals surface area contributed by atoms with E-state index in [1.807, 2.05) is 0 Å². The van der Waals surface area contributed by atoms with E-state index in [9.17, 15) is 0 Å². The third-order valence-corrected chi connectivity index (χ3v) is 17.1. The topological polar surface area (TPSA) is 26.3 Å². The first-order chi connectivity index (χ1) is 39.7. The van der Waals surface area contributed by atoms with Crippen LogP contribution in [0.2, 0.25) is 0 Å². The number of fused-ring (bicyclic) bond motifs is 14. The van der Waals surface area contributed by atoms with Gasteiger partial charge in [-0.05, 0) is 150 Å². The zero-order valence-electron chi connectivity index (χ0n) is 43.4. The maximum atomic E-state index is 7.23. The monoisotopic (exact) mass is 1010 g/mol. The predicted octanol–water partition coefficient (Wildman–Crippen LogP) is 22.4. The molecule has 0 aliphatic rings. The Morgan fingerprint density at radius 2 is 0.537 bits per heavy atom. The van der Waals surface area contributed by atoms with Crippen LogP contribution in [0.5, 0.6) is 0 Å². The Bertz CT molecular complexity index is 5280. The minimum absolute atomic E-state index is 0.873. The Morgan fingerprint density at radius 1 is 0.175 bits per heavy atom. The van der Waals surface area contributed by atoms with Crippen molar-refractivity contribution in [1.29, 1.82) is 0 Å². The van der Waals surface area contributed by atoms with Gasteiger partial charge in [-0.3, -0.25) is 0 Å². The molecule has 0 N–H and O–H groups in total. The van der Waals surface area contributed by atoms with E-state index in [-0.39, 0.29) is 0 Å². The van der Waals surface area contributed by atoms with Gasteiger partial charge < -0.3 is 8.83 Å². The SMILES string of the molecule is c1ccc(-c2ccc(-c3c4ccccc4c(-c4ccc(-c5ccc(-c6c7ccccc7c(-c7cccc8oc9ccc%10ccccc%10c9c78)c7ccccc67)cc5)c5oc6ccc7ccccc7c6c45)c4ccccc34)cc2)cc1. The first-order valence-corrected chi connectivity index (χ1v) is 27.6. The van der Waals surface area contributed by atoms with E-state index in [0.29, 0.717) is 0 Å². The van der Waals surface area contributed by atoms with Crippen molar-refractivity contribution in [3.63, 3.8) is 0 Å². The van der Waals surface area contributed by atoms with Gasteiger partial charge in [0.15, 0.2) is 0 Å². The van der Waals surface area contributed by atoms with Crippen LogP contribution in [0.4, 0.5) is 0 Å². The van der Waals surface area contributed by atoms with E-state index in [2.05, 4.69) is 279 Å². The standard InChI is InChI=1S/C78H46O2/c1-2-17-47(18-3-1)48-33-37-52(38-34-48)70-59-25-10-14-29-63(59)73(64-30-15-11-26-60(64)70)66-44-43-56(78-77(66)75-55-22-7-5-20-50(55)42-46-69(75)80-78)51-35-39-53(40-36-51)71-57-23-8-12-27-61(57)72(62-28-13-9-24-58(62)71)65-31-16-32-67-76(65)74-54-21-6-4-19-49(54)41-45-68(74)79-67/h1-46H. The van der Waals surface area contributed by atoms with Crippen LogP contribution < -0.4 is 0 Å². The van der Waals surface area contributed by atoms with Gasteiger partial charge in [0.05, 0.1) is 0 Å². The molecule has 0 aliphatic heterocycles. The number of benzene rings is 15. The molecule has 0 saturated carbocycles. The van der Waals surface area contributed by atoms with Gasteiger partial charge >= 0.3 is 0 Å². The quantitative estimate of drug-likeness (QED) is 0.155. The maximum Gasteiger partial charge on any atom is 0.143 e. The van der Waals surface area contributed by atoms with Crippen molar-refractivity contribution in [2.75, 3.05) is 0 Å². The van der Waals surface area contributed by atoms with E-state index in [4.69, 9.17) is 8.83 Å². The van der Waals surface area contributed by atoms with Crippen LogP contribution in [0.1, 0.15) is 0 Å². The first-order valence-electron chi connectivity index (χ1n) is 27.6. The first kappa shape index (κ1) is 44.6. The van der Waals surface area contributed by atoms with Crippen molar-refractivity contribution in [2.24, 2.45) is 0 Å². The highest BCUT2D eigenvalue weighted by molar-refractivity contribution is 6.31. The van der Waals surface area contributed by atoms with Crippen molar-refractivity contribution < 1.29 is 8.83 Å². The lowest BCUT2D eigenvalue weighted by Gasteiger charge is -2.19. The summed E-state index contributed by atoms with van der Waals surface area (Å²) in [7, 11) is 0. The Kier molecular flexibility index (Phi) is 9.75. The fourth-order valence-electron chi connectivity index (χ4n) is 13.6. The van der Waals surface area contributed by atoms with Gasteiger partial charge in [0.1, 0.15) is 22.3 Å². The lowest BCUT2D eigenvalue weighted by molar-refractivity contribution is 0.669. The summed E-state index contributed by atoms with van der Waals surface area (Å²) >= 11 is 0. The molecule has 0 bridgehead atoms. The van der Waals surface area contributed by atoms with Crippen molar-refractivity contribution in [3.05, 3.63) is 279 Å². The highest BCUT2D eigenvalue weighted by Crippen LogP contribution is 2.52. The fourth-order valence-corrected chi connectivity index (χ4v) is 13.6. The molecule has 0 unspecified atom stereocenters. The average Bonchev–Trinajstić information content (AvgIpc) is 4.17. The molecule has 0 radical (unpaired) electrons. The van der Waals surface area contributed by atoms with E-state index >= 15 is 0 Å². The Morgan fingerprint density at radius 3 is 1.05 bits per heavy atom. The average molecular weight is 1020 g/mol. The second kappa shape index (κ2) is 17.5. The summed E-state index contributed by atoms with van der Waals surface area (Å²) in [6, 6.07) is 102. The third kappa shape index (κ3) is 6.60. The highest BCUT2D eigenvalue weighted by Gasteiger charge is 2.25. The molecular weight excluding hydrogens is 969 g/mol. The van der Waals surface area contributed by atoms with E-state index < -0.39 is 0 Å².